The Hall–Kier alpha value is -10.1. The molecule has 0 spiro atoms. The first-order valence-electron chi connectivity index (χ1n) is 50.4. The Labute approximate surface area is 807 Å². The first-order valence-corrected chi connectivity index (χ1v) is 52.3. The number of rotatable bonds is 0. The molecule has 14 aromatic rings. The minimum Gasteiger partial charge on any atom is -0.493 e. The minimum atomic E-state index is 0.360. The van der Waals surface area contributed by atoms with E-state index in [9.17, 15) is 0 Å². The normalized spacial score (nSPS) is 9.97. The quantitative estimate of drug-likeness (QED) is 0.132. The van der Waals surface area contributed by atoms with E-state index in [1.54, 1.807) is 17.7 Å². The zero-order valence-corrected chi connectivity index (χ0v) is 91.7. The molecule has 130 heavy (non-hydrogen) atoms. The second-order valence-electron chi connectivity index (χ2n) is 21.1. The van der Waals surface area contributed by atoms with Crippen LogP contribution in [0.4, 0.5) is 5.69 Å². The maximum absolute atomic E-state index is 5.30. The Kier molecular flexibility index (Phi) is 124. The van der Waals surface area contributed by atoms with Crippen molar-refractivity contribution in [1.82, 2.24) is 40.1 Å². The summed E-state index contributed by atoms with van der Waals surface area (Å²) < 4.78 is 21.7. The standard InChI is InChI=1S/3C8H9N.C8H8O.C8H8S.2C7H6N2.C7H5NO.C7H5NS.C7H6O2.20C2H6/c1-3-7-4-2-6-9-8(7)5-1;1-2-7-4-5-9-6-8(7)3-1;3*1-2-4-8-7(3-1)5-6-9-8;1-2-4-7-6(3-1)8-5-9-7;1-2-4-7-6(3-1)5-8-9-7;3*1-2-4-7-6(3-1)8-5-9-7;20*1-2/h2,4,6H,1,3,5H2;4-6H,1-3H2;1-4,9H,5-6H2;2*1-4H,5-6H2;2*1-5H,(H,8,9);2*1-5H;1-4H,5H2;20*1-2H3. The zero-order chi connectivity index (χ0) is 101. The van der Waals surface area contributed by atoms with Crippen LogP contribution in [0.5, 0.6) is 17.2 Å². The van der Waals surface area contributed by atoms with Gasteiger partial charge < -0.3 is 28.9 Å². The molecule has 0 saturated heterocycles. The highest BCUT2D eigenvalue weighted by molar-refractivity contribution is 7.99. The number of para-hydroxylation sites is 10. The molecule has 3 N–H and O–H groups in total. The fraction of sp³-hybridized carbons (Fsp3) is 0.461. The molecule has 10 heterocycles. The van der Waals surface area contributed by atoms with Crippen LogP contribution in [0.15, 0.2) is 265 Å². The number of fused-ring (bicyclic) bond motifs is 10. The van der Waals surface area contributed by atoms with Crippen LogP contribution in [0.25, 0.3) is 43.3 Å². The van der Waals surface area contributed by atoms with E-state index in [1.165, 1.54) is 118 Å². The number of nitrogens with zero attached hydrogens (tertiary/aromatic N) is 6. The molecular weight excluding hydrogens is 1640 g/mol. The lowest BCUT2D eigenvalue weighted by Gasteiger charge is -1.94. The van der Waals surface area contributed by atoms with Crippen LogP contribution in [-0.2, 0) is 44.9 Å². The highest BCUT2D eigenvalue weighted by Crippen LogP contribution is 2.32. The van der Waals surface area contributed by atoms with Gasteiger partial charge in [0.25, 0.3) is 0 Å². The first-order chi connectivity index (χ1) is 64.7. The van der Waals surface area contributed by atoms with Crippen molar-refractivity contribution in [2.24, 2.45) is 0 Å². The number of benzene rings is 8. The topological polar surface area (TPSA) is 162 Å². The molecule has 0 bridgehead atoms. The number of thioether (sulfide) groups is 1. The van der Waals surface area contributed by atoms with E-state index in [4.69, 9.17) is 18.6 Å². The summed E-state index contributed by atoms with van der Waals surface area (Å²) in [7, 11) is 0. The lowest BCUT2D eigenvalue weighted by Crippen LogP contribution is -1.92. The van der Waals surface area contributed by atoms with Crippen molar-refractivity contribution in [3.05, 3.63) is 294 Å². The minimum absolute atomic E-state index is 0.360. The number of thiazole rings is 1. The smallest absolute Gasteiger partial charge is 0.231 e. The van der Waals surface area contributed by atoms with Crippen LogP contribution >= 0.6 is 23.1 Å². The van der Waals surface area contributed by atoms with Crippen LogP contribution in [0, 0.1) is 0 Å². The van der Waals surface area contributed by atoms with E-state index in [2.05, 4.69) is 118 Å². The van der Waals surface area contributed by atoms with E-state index >= 15 is 0 Å². The molecule has 6 aliphatic rings. The van der Waals surface area contributed by atoms with Crippen molar-refractivity contribution in [3.63, 3.8) is 0 Å². The Bertz CT molecular complexity index is 3530. The number of hydrogen-bond acceptors (Lipinski definition) is 13. The van der Waals surface area contributed by atoms with Gasteiger partial charge in [-0.25, -0.2) is 15.0 Å². The summed E-state index contributed by atoms with van der Waals surface area (Å²) in [4.78, 5) is 25.0. The molecule has 0 radical (unpaired) electrons. The number of oxazole rings is 1. The number of hydrogen-bond donors (Lipinski definition) is 3. The van der Waals surface area contributed by atoms with E-state index in [0.717, 1.165) is 75.4 Å². The third-order valence-electron chi connectivity index (χ3n) is 15.1. The molecule has 13 nitrogen and oxygen atoms in total. The molecule has 20 rings (SSSR count). The number of aryl methyl sites for hydroxylation is 5. The maximum Gasteiger partial charge on any atom is 0.231 e. The van der Waals surface area contributed by atoms with Crippen LogP contribution < -0.4 is 19.5 Å². The van der Waals surface area contributed by atoms with Crippen LogP contribution in [0.3, 0.4) is 0 Å². The molecule has 0 fully saturated rings. The largest absolute Gasteiger partial charge is 0.493 e. The summed E-state index contributed by atoms with van der Waals surface area (Å²) in [5.41, 5.74) is 19.3. The highest BCUT2D eigenvalue weighted by Gasteiger charge is 2.13. The molecule has 15 heteroatoms. The van der Waals surface area contributed by atoms with Gasteiger partial charge in [0.2, 0.25) is 6.79 Å². The van der Waals surface area contributed by atoms with Gasteiger partial charge in [0.1, 0.15) is 11.3 Å². The number of ether oxygens (including phenoxy) is 3. The van der Waals surface area contributed by atoms with Crippen molar-refractivity contribution >= 4 is 72.0 Å². The van der Waals surface area contributed by atoms with Gasteiger partial charge in [-0.15, -0.1) is 23.1 Å². The molecule has 4 aliphatic heterocycles. The molecule has 8 aromatic carbocycles. The Morgan fingerprint density at radius 1 is 0.323 bits per heavy atom. The molecule has 6 aromatic heterocycles. The predicted molar refractivity (Wildman–Crippen MR) is 593 cm³/mol. The van der Waals surface area contributed by atoms with Crippen molar-refractivity contribution in [2.75, 3.05) is 31.0 Å². The fourth-order valence-corrected chi connectivity index (χ4v) is 12.2. The van der Waals surface area contributed by atoms with Gasteiger partial charge in [-0.1, -0.05) is 404 Å². The number of aromatic nitrogens is 8. The molecule has 2 aliphatic carbocycles. The summed E-state index contributed by atoms with van der Waals surface area (Å²) in [6.45, 7) is 82.3. The van der Waals surface area contributed by atoms with Crippen LogP contribution in [0.2, 0.25) is 0 Å². The molecule has 0 saturated carbocycles. The van der Waals surface area contributed by atoms with E-state index in [1.807, 2.05) is 459 Å². The number of anilines is 1. The summed E-state index contributed by atoms with van der Waals surface area (Å²) in [5, 5.41) is 11.2. The molecule has 0 unspecified atom stereocenters. The van der Waals surface area contributed by atoms with Gasteiger partial charge >= 0.3 is 0 Å². The Morgan fingerprint density at radius 2 is 0.800 bits per heavy atom. The second-order valence-corrected chi connectivity index (χ2v) is 23.1. The fourth-order valence-electron chi connectivity index (χ4n) is 10.5. The summed E-state index contributed by atoms with van der Waals surface area (Å²) in [6, 6.07) is 71.0. The monoisotopic (exact) mass is 1830 g/mol. The molecule has 0 atom stereocenters. The summed E-state index contributed by atoms with van der Waals surface area (Å²) in [6.07, 6.45) is 21.8. The number of imidazole rings is 1. The summed E-state index contributed by atoms with van der Waals surface area (Å²) in [5.74, 6) is 4.03. The number of H-pyrrole nitrogens is 2. The predicted octanol–water partition coefficient (Wildman–Crippen LogP) is 37.9. The van der Waals surface area contributed by atoms with Crippen molar-refractivity contribution in [3.8, 4) is 17.2 Å². The second kappa shape index (κ2) is 115. The van der Waals surface area contributed by atoms with Gasteiger partial charge in [0.15, 0.2) is 23.5 Å². The SMILES string of the molecule is CC.CC.CC.CC.CC.CC.CC.CC.CC.CC.CC.CC.CC.CC.CC.CC.CC.CC.CC.CC.c1cc2c(cn1)CCC2.c1ccc2[nH]cnc2c1.c1ccc2[nH]ncc2c1.c1ccc2c(c1)CCN2.c1ccc2c(c1)CCO2.c1ccc2c(c1)CCS2.c1ccc2c(c1)OCO2.c1ccc2ocnc2c1.c1ccc2scnc2c1.c1cnc2c(c1)CCC2. The Balaban J connectivity index is -0.000000147. The van der Waals surface area contributed by atoms with E-state index in [-0.39, 0.29) is 0 Å². The average Bonchev–Trinajstić information content (AvgIpc) is 1.84. The van der Waals surface area contributed by atoms with Gasteiger partial charge in [0, 0.05) is 59.0 Å². The van der Waals surface area contributed by atoms with Crippen LogP contribution in [0.1, 0.15) is 329 Å². The average molecular weight is 1830 g/mol. The lowest BCUT2D eigenvalue weighted by atomic mass is 10.2. The van der Waals surface area contributed by atoms with E-state index < -0.39 is 0 Å². The molecular formula is C115H191N9O4S2. The van der Waals surface area contributed by atoms with Crippen molar-refractivity contribution in [2.45, 2.75) is 340 Å². The van der Waals surface area contributed by atoms with Crippen molar-refractivity contribution in [1.29, 1.82) is 0 Å². The maximum atomic E-state index is 5.30. The van der Waals surface area contributed by atoms with Crippen molar-refractivity contribution < 1.29 is 18.6 Å². The lowest BCUT2D eigenvalue weighted by molar-refractivity contribution is 0.174. The number of nitrogens with one attached hydrogen (secondary N) is 3. The number of pyridine rings is 2. The first kappa shape index (κ1) is 140. The highest BCUT2D eigenvalue weighted by atomic mass is 32.2. The van der Waals surface area contributed by atoms with Gasteiger partial charge in [-0.2, -0.15) is 5.10 Å². The Morgan fingerprint density at radius 3 is 1.35 bits per heavy atom. The van der Waals surface area contributed by atoms with Crippen LogP contribution in [-0.4, -0.2) is 65.8 Å². The zero-order valence-electron chi connectivity index (χ0n) is 90.1. The third kappa shape index (κ3) is 63.0. The van der Waals surface area contributed by atoms with E-state index in [0.29, 0.717) is 6.79 Å². The molecule has 732 valence electrons. The molecule has 0 amide bonds. The third-order valence-corrected chi connectivity index (χ3v) is 17.0. The summed E-state index contributed by atoms with van der Waals surface area (Å²) >= 11 is 3.64. The van der Waals surface area contributed by atoms with Gasteiger partial charge in [-0.05, 0) is 170 Å². The van der Waals surface area contributed by atoms with Gasteiger partial charge in [-0.3, -0.25) is 15.1 Å². The number of aromatic amines is 2. The van der Waals surface area contributed by atoms with Gasteiger partial charge in [0.05, 0.1) is 51.4 Å².